The number of morpholine rings is 1. The first-order valence-corrected chi connectivity index (χ1v) is 11.8. The van der Waals surface area contributed by atoms with Crippen molar-refractivity contribution in [2.45, 2.75) is 17.9 Å². The lowest BCUT2D eigenvalue weighted by atomic mass is 10.0. The number of primary sulfonamides is 1. The maximum atomic E-state index is 13.6. The van der Waals surface area contributed by atoms with Gasteiger partial charge in [0.2, 0.25) is 10.0 Å². The molecule has 2 aliphatic rings. The summed E-state index contributed by atoms with van der Waals surface area (Å²) in [6, 6.07) is 12.6. The maximum Gasteiger partial charge on any atom is 0.256 e. The summed E-state index contributed by atoms with van der Waals surface area (Å²) >= 11 is 0. The number of hydrogen-bond acceptors (Lipinski definition) is 5. The molecule has 9 heteroatoms. The Labute approximate surface area is 180 Å². The van der Waals surface area contributed by atoms with Crippen LogP contribution in [-0.2, 0) is 27.7 Å². The highest BCUT2D eigenvalue weighted by molar-refractivity contribution is 7.89. The van der Waals surface area contributed by atoms with Crippen LogP contribution in [0.2, 0.25) is 0 Å². The number of benzene rings is 2. The van der Waals surface area contributed by atoms with E-state index in [4.69, 9.17) is 9.88 Å². The molecule has 0 bridgehead atoms. The van der Waals surface area contributed by atoms with Crippen LogP contribution in [0, 0.1) is 0 Å². The van der Waals surface area contributed by atoms with E-state index >= 15 is 0 Å². The average Bonchev–Trinajstić information content (AvgIpc) is 3.16. The average molecular weight is 441 g/mol. The summed E-state index contributed by atoms with van der Waals surface area (Å²) in [5, 5.41) is 6.47. The molecule has 3 heterocycles. The van der Waals surface area contributed by atoms with Gasteiger partial charge in [0, 0.05) is 60.4 Å². The third-order valence-corrected chi connectivity index (χ3v) is 6.96. The molecule has 0 saturated carbocycles. The largest absolute Gasteiger partial charge is 0.378 e. The van der Waals surface area contributed by atoms with Gasteiger partial charge in [0.25, 0.3) is 5.91 Å². The zero-order valence-corrected chi connectivity index (χ0v) is 17.8. The van der Waals surface area contributed by atoms with Crippen LogP contribution in [0.5, 0.6) is 0 Å². The van der Waals surface area contributed by atoms with Gasteiger partial charge in [-0.05, 0) is 24.3 Å². The van der Waals surface area contributed by atoms with Crippen molar-refractivity contribution >= 4 is 32.5 Å². The van der Waals surface area contributed by atoms with E-state index in [-0.39, 0.29) is 10.8 Å². The van der Waals surface area contributed by atoms with Crippen LogP contribution in [0.15, 0.2) is 47.4 Å². The van der Waals surface area contributed by atoms with Gasteiger partial charge in [-0.1, -0.05) is 18.2 Å². The number of H-pyrrole nitrogens is 1. The number of nitrogens with one attached hydrogen (secondary N) is 1. The number of amides is 1. The number of nitrogens with two attached hydrogens (primary N) is 1. The van der Waals surface area contributed by atoms with E-state index in [1.54, 1.807) is 11.0 Å². The Balaban J connectivity index is 1.53. The Morgan fingerprint density at radius 2 is 1.84 bits per heavy atom. The van der Waals surface area contributed by atoms with Gasteiger partial charge in [0.15, 0.2) is 0 Å². The fourth-order valence-electron chi connectivity index (χ4n) is 4.45. The summed E-state index contributed by atoms with van der Waals surface area (Å²) in [5.41, 5.74) is 4.40. The molecule has 1 fully saturated rings. The van der Waals surface area contributed by atoms with E-state index in [9.17, 15) is 13.2 Å². The lowest BCUT2D eigenvalue weighted by Gasteiger charge is -2.33. The molecule has 1 saturated heterocycles. The van der Waals surface area contributed by atoms with Crippen molar-refractivity contribution in [2.24, 2.45) is 5.14 Å². The molecule has 0 radical (unpaired) electrons. The van der Waals surface area contributed by atoms with Crippen LogP contribution in [-0.4, -0.2) is 57.1 Å². The molecule has 8 nitrogen and oxygen atoms in total. The highest BCUT2D eigenvalue weighted by Gasteiger charge is 2.28. The first-order valence-electron chi connectivity index (χ1n) is 10.3. The van der Waals surface area contributed by atoms with Crippen LogP contribution in [0.25, 0.3) is 10.9 Å². The second-order valence-corrected chi connectivity index (χ2v) is 9.49. The molecule has 1 aromatic heterocycles. The second-order valence-electron chi connectivity index (χ2n) is 7.93. The maximum absolute atomic E-state index is 13.6. The number of aromatic amines is 1. The molecular weight excluding hydrogens is 416 g/mol. The summed E-state index contributed by atoms with van der Waals surface area (Å²) in [7, 11) is -3.92. The van der Waals surface area contributed by atoms with Crippen LogP contribution in [0.1, 0.15) is 21.6 Å². The van der Waals surface area contributed by atoms with Gasteiger partial charge < -0.3 is 19.5 Å². The van der Waals surface area contributed by atoms with Crippen LogP contribution in [0.3, 0.4) is 0 Å². The molecule has 0 unspecified atom stereocenters. The van der Waals surface area contributed by atoms with Crippen molar-refractivity contribution in [3.63, 3.8) is 0 Å². The molecule has 162 valence electrons. The monoisotopic (exact) mass is 440 g/mol. The summed E-state index contributed by atoms with van der Waals surface area (Å²) in [5.74, 6) is -0.192. The number of fused-ring (bicyclic) bond motifs is 3. The molecule has 2 aromatic carbocycles. The SMILES string of the molecule is NS(=O)(=O)c1ccc(N2CCOCC2)c(C(=O)N2CCc3[nH]c4ccccc4c3C2)c1. The van der Waals surface area contributed by atoms with Crippen molar-refractivity contribution in [3.8, 4) is 0 Å². The summed E-state index contributed by atoms with van der Waals surface area (Å²) in [6.07, 6.45) is 0.720. The smallest absolute Gasteiger partial charge is 0.256 e. The number of rotatable bonds is 3. The third-order valence-electron chi connectivity index (χ3n) is 6.05. The van der Waals surface area contributed by atoms with Gasteiger partial charge in [-0.15, -0.1) is 0 Å². The Kier molecular flexibility index (Phi) is 4.96. The summed E-state index contributed by atoms with van der Waals surface area (Å²) < 4.78 is 29.4. The standard InChI is InChI=1S/C22H24N4O4S/c23-31(28,29)15-5-6-21(25-9-11-30-12-10-25)17(13-15)22(27)26-8-7-20-18(14-26)16-3-1-2-4-19(16)24-20/h1-6,13,24H,7-12,14H2,(H2,23,28,29). The minimum atomic E-state index is -3.92. The topological polar surface area (TPSA) is 109 Å². The van der Waals surface area contributed by atoms with Gasteiger partial charge in [0.1, 0.15) is 0 Å². The first-order chi connectivity index (χ1) is 14.9. The van der Waals surface area contributed by atoms with E-state index in [2.05, 4.69) is 16.0 Å². The zero-order chi connectivity index (χ0) is 21.6. The number of hydrogen-bond donors (Lipinski definition) is 2. The molecule has 0 aliphatic carbocycles. The van der Waals surface area contributed by atoms with Crippen LogP contribution in [0.4, 0.5) is 5.69 Å². The minimum Gasteiger partial charge on any atom is -0.378 e. The highest BCUT2D eigenvalue weighted by atomic mass is 32.2. The van der Waals surface area contributed by atoms with E-state index in [0.29, 0.717) is 50.6 Å². The predicted octanol–water partition coefficient (Wildman–Crippen LogP) is 1.85. The molecule has 5 rings (SSSR count). The predicted molar refractivity (Wildman–Crippen MR) is 118 cm³/mol. The summed E-state index contributed by atoms with van der Waals surface area (Å²) in [4.78, 5) is 20.9. The van der Waals surface area contributed by atoms with Crippen LogP contribution < -0.4 is 10.0 Å². The van der Waals surface area contributed by atoms with E-state index < -0.39 is 10.0 Å². The second kappa shape index (κ2) is 7.67. The lowest BCUT2D eigenvalue weighted by Crippen LogP contribution is -2.40. The fourth-order valence-corrected chi connectivity index (χ4v) is 4.99. The molecule has 2 aliphatic heterocycles. The van der Waals surface area contributed by atoms with E-state index in [1.165, 1.54) is 12.1 Å². The third kappa shape index (κ3) is 3.69. The molecule has 1 amide bonds. The van der Waals surface area contributed by atoms with Crippen molar-refractivity contribution in [2.75, 3.05) is 37.7 Å². The Morgan fingerprint density at radius 3 is 2.61 bits per heavy atom. The van der Waals surface area contributed by atoms with Gasteiger partial charge in [-0.25, -0.2) is 13.6 Å². The number of aromatic nitrogens is 1. The molecule has 0 spiro atoms. The minimum absolute atomic E-state index is 0.0577. The number of carbonyl (C=O) groups is 1. The molecule has 3 N–H and O–H groups in total. The number of ether oxygens (including phenoxy) is 1. The number of nitrogens with zero attached hydrogens (tertiary/aromatic N) is 2. The van der Waals surface area contributed by atoms with Gasteiger partial charge in [-0.3, -0.25) is 4.79 Å². The lowest BCUT2D eigenvalue weighted by molar-refractivity contribution is 0.0734. The van der Waals surface area contributed by atoms with Crippen molar-refractivity contribution in [1.82, 2.24) is 9.88 Å². The quantitative estimate of drug-likeness (QED) is 0.646. The Hall–Kier alpha value is -2.88. The van der Waals surface area contributed by atoms with Crippen molar-refractivity contribution < 1.29 is 17.9 Å². The molecule has 3 aromatic rings. The van der Waals surface area contributed by atoms with Crippen molar-refractivity contribution in [3.05, 3.63) is 59.3 Å². The molecule has 31 heavy (non-hydrogen) atoms. The Bertz CT molecular complexity index is 1260. The fraction of sp³-hybridized carbons (Fsp3) is 0.318. The number of para-hydroxylation sites is 1. The van der Waals surface area contributed by atoms with Gasteiger partial charge >= 0.3 is 0 Å². The highest BCUT2D eigenvalue weighted by Crippen LogP contribution is 2.31. The zero-order valence-electron chi connectivity index (χ0n) is 17.0. The van der Waals surface area contributed by atoms with Crippen LogP contribution >= 0.6 is 0 Å². The van der Waals surface area contributed by atoms with Gasteiger partial charge in [-0.2, -0.15) is 0 Å². The Morgan fingerprint density at radius 1 is 1.06 bits per heavy atom. The number of sulfonamides is 1. The molecular formula is C22H24N4O4S. The molecule has 0 atom stereocenters. The van der Waals surface area contributed by atoms with E-state index in [0.717, 1.165) is 28.6 Å². The van der Waals surface area contributed by atoms with Crippen molar-refractivity contribution in [1.29, 1.82) is 0 Å². The van der Waals surface area contributed by atoms with Gasteiger partial charge in [0.05, 0.1) is 23.7 Å². The van der Waals surface area contributed by atoms with E-state index in [1.807, 2.05) is 18.2 Å². The normalized spacial score (nSPS) is 17.1. The number of anilines is 1. The first kappa shape index (κ1) is 20.0. The summed E-state index contributed by atoms with van der Waals surface area (Å²) in [6.45, 7) is 3.43. The number of carbonyl (C=O) groups excluding carboxylic acids is 1.